The van der Waals surface area contributed by atoms with E-state index in [1.54, 1.807) is 0 Å². The third-order valence-electron chi connectivity index (χ3n) is 0. The van der Waals surface area contributed by atoms with Gasteiger partial charge in [0.1, 0.15) is 5.78 Å². The Morgan fingerprint density at radius 1 is 1.40 bits per heavy atom. The number of ketones is 1. The molecule has 0 unspecified atom stereocenters. The summed E-state index contributed by atoms with van der Waals surface area (Å²) < 4.78 is 0. The van der Waals surface area contributed by atoms with Crippen molar-refractivity contribution in [3.63, 3.8) is 0 Å². The quantitative estimate of drug-likeness (QED) is 0.525. The fourth-order valence-corrected chi connectivity index (χ4v) is 0. The van der Waals surface area contributed by atoms with Gasteiger partial charge in [0.25, 0.3) is 0 Å². The van der Waals surface area contributed by atoms with Gasteiger partial charge in [-0.15, -0.1) is 0 Å². The molecule has 0 aromatic heterocycles. The minimum absolute atomic E-state index is 0. The Balaban J connectivity index is 0. The van der Waals surface area contributed by atoms with Gasteiger partial charge in [-0.2, -0.15) is 0 Å². The van der Waals surface area contributed by atoms with Crippen molar-refractivity contribution in [2.75, 3.05) is 0 Å². The summed E-state index contributed by atoms with van der Waals surface area (Å²) in [5, 5.41) is 0. The molecule has 0 aliphatic heterocycles. The molecular formula is C3H7CsO. The Labute approximate surface area is 90.9 Å². The second-order valence-corrected chi connectivity index (χ2v) is 0.908. The van der Waals surface area contributed by atoms with Gasteiger partial charge in [0.15, 0.2) is 0 Å². The van der Waals surface area contributed by atoms with E-state index in [1.807, 2.05) is 0 Å². The predicted octanol–water partition coefficient (Wildman–Crippen LogP) is -0.0532. The molecule has 0 heterocycles. The molecule has 26 valence electrons. The van der Waals surface area contributed by atoms with E-state index in [0.29, 0.717) is 0 Å². The molecule has 2 heteroatoms. The molecule has 0 bridgehead atoms. The van der Waals surface area contributed by atoms with Crippen molar-refractivity contribution in [1.82, 2.24) is 0 Å². The molecule has 0 saturated carbocycles. The van der Waals surface area contributed by atoms with Gasteiger partial charge < -0.3 is 4.79 Å². The van der Waals surface area contributed by atoms with Gasteiger partial charge in [0, 0.05) is 0 Å². The minimum atomic E-state index is 0. The second-order valence-electron chi connectivity index (χ2n) is 0.908. The van der Waals surface area contributed by atoms with Crippen LogP contribution in [0, 0.1) is 0 Å². The van der Waals surface area contributed by atoms with Gasteiger partial charge >= 0.3 is 68.9 Å². The van der Waals surface area contributed by atoms with Crippen molar-refractivity contribution in [2.45, 2.75) is 13.8 Å². The molecule has 0 spiro atoms. The van der Waals surface area contributed by atoms with Crippen LogP contribution in [-0.4, -0.2) is 74.7 Å². The first-order valence-corrected chi connectivity index (χ1v) is 1.20. The van der Waals surface area contributed by atoms with E-state index < -0.39 is 0 Å². The Hall–Kier alpha value is 1.72. The summed E-state index contributed by atoms with van der Waals surface area (Å²) in [5.41, 5.74) is 0. The molecule has 0 atom stereocenters. The fourth-order valence-electron chi connectivity index (χ4n) is 0. The number of hydrogen-bond donors (Lipinski definition) is 0. The topological polar surface area (TPSA) is 17.1 Å². The second kappa shape index (κ2) is 5.72. The molecule has 0 amide bonds. The summed E-state index contributed by atoms with van der Waals surface area (Å²) in [6, 6.07) is 0. The molecular weight excluding hydrogens is 185 g/mol. The van der Waals surface area contributed by atoms with Crippen LogP contribution in [0.4, 0.5) is 0 Å². The maximum absolute atomic E-state index is 9.44. The van der Waals surface area contributed by atoms with Crippen LogP contribution in [0.15, 0.2) is 0 Å². The molecule has 0 aromatic rings. The van der Waals surface area contributed by atoms with Crippen molar-refractivity contribution in [3.8, 4) is 0 Å². The molecule has 0 fully saturated rings. The molecule has 0 radical (unpaired) electrons. The molecule has 0 aliphatic rings. The SMILES string of the molecule is CC(C)=O.[CsH]. The first-order valence-electron chi connectivity index (χ1n) is 1.20. The van der Waals surface area contributed by atoms with E-state index in [2.05, 4.69) is 0 Å². The average Bonchev–Trinajstić information content (AvgIpc) is 0.811. The van der Waals surface area contributed by atoms with Gasteiger partial charge in [-0.1, -0.05) is 0 Å². The van der Waals surface area contributed by atoms with Crippen molar-refractivity contribution in [3.05, 3.63) is 0 Å². The van der Waals surface area contributed by atoms with Crippen LogP contribution in [0.1, 0.15) is 13.8 Å². The van der Waals surface area contributed by atoms with Crippen LogP contribution in [0.5, 0.6) is 0 Å². The van der Waals surface area contributed by atoms with E-state index in [-0.39, 0.29) is 74.7 Å². The molecule has 0 N–H and O–H groups in total. The summed E-state index contributed by atoms with van der Waals surface area (Å²) in [5.74, 6) is 0.167. The van der Waals surface area contributed by atoms with Gasteiger partial charge in [0.05, 0.1) is 0 Å². The van der Waals surface area contributed by atoms with Gasteiger partial charge in [-0.3, -0.25) is 0 Å². The fraction of sp³-hybridized carbons (Fsp3) is 0.667. The van der Waals surface area contributed by atoms with Crippen LogP contribution in [-0.2, 0) is 4.79 Å². The van der Waals surface area contributed by atoms with Crippen LogP contribution < -0.4 is 0 Å². The first-order chi connectivity index (χ1) is 1.73. The first kappa shape index (κ1) is 9.87. The van der Waals surface area contributed by atoms with E-state index in [4.69, 9.17) is 0 Å². The monoisotopic (exact) mass is 192 g/mol. The summed E-state index contributed by atoms with van der Waals surface area (Å²) >= 11 is 0. The van der Waals surface area contributed by atoms with Crippen LogP contribution in [0.25, 0.3) is 0 Å². The van der Waals surface area contributed by atoms with Crippen molar-refractivity contribution in [1.29, 1.82) is 0 Å². The van der Waals surface area contributed by atoms with Crippen LogP contribution >= 0.6 is 0 Å². The van der Waals surface area contributed by atoms with Gasteiger partial charge in [-0.25, -0.2) is 0 Å². The zero-order valence-corrected chi connectivity index (χ0v) is 2.91. The summed E-state index contributed by atoms with van der Waals surface area (Å²) in [6.07, 6.45) is 0. The van der Waals surface area contributed by atoms with Crippen LogP contribution in [0.3, 0.4) is 0 Å². The van der Waals surface area contributed by atoms with E-state index in [0.717, 1.165) is 0 Å². The number of hydrogen-bond acceptors (Lipinski definition) is 1. The van der Waals surface area contributed by atoms with Gasteiger partial charge in [-0.05, 0) is 13.8 Å². The summed E-state index contributed by atoms with van der Waals surface area (Å²) in [4.78, 5) is 9.44. The normalized spacial score (nSPS) is 5.20. The Morgan fingerprint density at radius 3 is 1.40 bits per heavy atom. The molecule has 0 rings (SSSR count). The van der Waals surface area contributed by atoms with E-state index >= 15 is 0 Å². The number of carbonyl (C=O) groups excluding carboxylic acids is 1. The van der Waals surface area contributed by atoms with Crippen molar-refractivity contribution < 1.29 is 4.79 Å². The average molecular weight is 192 g/mol. The summed E-state index contributed by atoms with van der Waals surface area (Å²) in [7, 11) is 0. The Bertz CT molecular complexity index is 29.9. The number of carbonyl (C=O) groups is 1. The van der Waals surface area contributed by atoms with E-state index in [9.17, 15) is 4.79 Å². The number of rotatable bonds is 0. The molecule has 0 aromatic carbocycles. The van der Waals surface area contributed by atoms with Crippen LogP contribution in [0.2, 0.25) is 0 Å². The molecule has 1 nitrogen and oxygen atoms in total. The number of Topliss-reactive ketones (excluding diaryl/α,β-unsaturated/α-hetero) is 1. The van der Waals surface area contributed by atoms with Crippen molar-refractivity contribution in [2.24, 2.45) is 0 Å². The third kappa shape index (κ3) is 26.7. The summed E-state index contributed by atoms with van der Waals surface area (Å²) in [6.45, 7) is 3.06. The van der Waals surface area contributed by atoms with E-state index in [1.165, 1.54) is 13.8 Å². The van der Waals surface area contributed by atoms with Crippen molar-refractivity contribution >= 4 is 74.7 Å². The third-order valence-corrected chi connectivity index (χ3v) is 0. The molecule has 0 saturated heterocycles. The Morgan fingerprint density at radius 2 is 1.40 bits per heavy atom. The predicted molar refractivity (Wildman–Crippen MR) is 23.5 cm³/mol. The molecule has 5 heavy (non-hydrogen) atoms. The van der Waals surface area contributed by atoms with Gasteiger partial charge in [0.2, 0.25) is 0 Å². The zero-order chi connectivity index (χ0) is 3.58. The maximum atomic E-state index is 9.44. The Kier molecular flexibility index (Phi) is 11.3. The molecule has 0 aliphatic carbocycles. The zero-order valence-electron chi connectivity index (χ0n) is 2.91. The standard InChI is InChI=1S/C3H6O.Cs.H/c1-3(2)4;;/h1-2H3;;.